The fourth-order valence-corrected chi connectivity index (χ4v) is 4.74. The maximum Gasteiger partial charge on any atom is 0.306 e. The average molecular weight is 757 g/mol. The molecule has 0 aliphatic heterocycles. The van der Waals surface area contributed by atoms with Crippen molar-refractivity contribution in [3.05, 3.63) is 134 Å². The van der Waals surface area contributed by atoms with Gasteiger partial charge in [-0.1, -0.05) is 161 Å². The van der Waals surface area contributed by atoms with Crippen molar-refractivity contribution in [2.45, 2.75) is 142 Å². The molecule has 0 spiro atoms. The van der Waals surface area contributed by atoms with Gasteiger partial charge in [-0.2, -0.15) is 0 Å². The molecule has 304 valence electrons. The summed E-state index contributed by atoms with van der Waals surface area (Å²) in [7, 11) is 0. The van der Waals surface area contributed by atoms with E-state index >= 15 is 0 Å². The first-order chi connectivity index (χ1) is 27.0. The second-order valence-electron chi connectivity index (χ2n) is 12.9. The van der Waals surface area contributed by atoms with Crippen molar-refractivity contribution in [2.24, 2.45) is 0 Å². The van der Waals surface area contributed by atoms with E-state index in [4.69, 9.17) is 14.2 Å². The molecule has 0 saturated heterocycles. The van der Waals surface area contributed by atoms with E-state index in [0.717, 1.165) is 77.0 Å². The van der Waals surface area contributed by atoms with E-state index in [1.54, 1.807) is 0 Å². The molecule has 6 heteroatoms. The molecule has 0 amide bonds. The summed E-state index contributed by atoms with van der Waals surface area (Å²) in [5, 5.41) is 0. The van der Waals surface area contributed by atoms with Gasteiger partial charge in [-0.15, -0.1) is 0 Å². The highest BCUT2D eigenvalue weighted by molar-refractivity contribution is 5.71. The second kappa shape index (κ2) is 42.3. The first-order valence-electron chi connectivity index (χ1n) is 20.8. The molecule has 55 heavy (non-hydrogen) atoms. The lowest BCUT2D eigenvalue weighted by Crippen LogP contribution is -2.30. The number of hydrogen-bond donors (Lipinski definition) is 0. The van der Waals surface area contributed by atoms with Gasteiger partial charge < -0.3 is 14.2 Å². The predicted octanol–water partition coefficient (Wildman–Crippen LogP) is 13.2. The highest BCUT2D eigenvalue weighted by atomic mass is 16.6. The molecule has 0 rings (SSSR count). The summed E-state index contributed by atoms with van der Waals surface area (Å²) in [6.07, 6.45) is 58.8. The Bertz CT molecular complexity index is 1280. The van der Waals surface area contributed by atoms with E-state index in [0.29, 0.717) is 19.3 Å². The highest BCUT2D eigenvalue weighted by Crippen LogP contribution is 2.09. The topological polar surface area (TPSA) is 78.9 Å². The highest BCUT2D eigenvalue weighted by Gasteiger charge is 2.19. The van der Waals surface area contributed by atoms with Crippen LogP contribution in [-0.4, -0.2) is 37.2 Å². The lowest BCUT2D eigenvalue weighted by Gasteiger charge is -2.18. The van der Waals surface area contributed by atoms with Crippen LogP contribution in [0.25, 0.3) is 0 Å². The number of carbonyl (C=O) groups excluding carboxylic acids is 3. The van der Waals surface area contributed by atoms with Gasteiger partial charge in [-0.3, -0.25) is 14.4 Å². The average Bonchev–Trinajstić information content (AvgIpc) is 3.18. The van der Waals surface area contributed by atoms with Crippen LogP contribution in [-0.2, 0) is 28.6 Å². The summed E-state index contributed by atoms with van der Waals surface area (Å²) in [4.78, 5) is 37.6. The third kappa shape index (κ3) is 40.6. The normalized spacial score (nSPS) is 13.4. The van der Waals surface area contributed by atoms with E-state index in [1.165, 1.54) is 0 Å². The fraction of sp³-hybridized carbons (Fsp3) is 0.490. The monoisotopic (exact) mass is 757 g/mol. The number of rotatable bonds is 34. The van der Waals surface area contributed by atoms with E-state index in [1.807, 2.05) is 48.6 Å². The SMILES string of the molecule is CC\C=C/C=C\C=C/C=C\C=C/CCCCCC(=O)OCC(COC(=O)CCC/C=C\C/C=C\C/C=C\CC)OC(=O)CCC/C=C\C/C=C\C/C=C\CC. The van der Waals surface area contributed by atoms with Gasteiger partial charge in [0.25, 0.3) is 0 Å². The maximum absolute atomic E-state index is 12.6. The second-order valence-corrected chi connectivity index (χ2v) is 12.9. The van der Waals surface area contributed by atoms with Gasteiger partial charge in [-0.05, 0) is 89.9 Å². The minimum absolute atomic E-state index is 0.142. The Kier molecular flexibility index (Phi) is 38.9. The summed E-state index contributed by atoms with van der Waals surface area (Å²) < 4.78 is 16.5. The minimum atomic E-state index is -0.844. The van der Waals surface area contributed by atoms with E-state index < -0.39 is 12.1 Å². The Morgan fingerprint density at radius 3 is 1.25 bits per heavy atom. The van der Waals surface area contributed by atoms with Crippen molar-refractivity contribution < 1.29 is 28.6 Å². The number of ether oxygens (including phenoxy) is 3. The molecule has 1 unspecified atom stereocenters. The van der Waals surface area contributed by atoms with E-state index in [-0.39, 0.29) is 44.4 Å². The van der Waals surface area contributed by atoms with Crippen LogP contribution in [0.15, 0.2) is 134 Å². The van der Waals surface area contributed by atoms with Gasteiger partial charge in [0, 0.05) is 19.3 Å². The Hall–Kier alpha value is -4.45. The Balaban J connectivity index is 4.63. The molecule has 6 nitrogen and oxygen atoms in total. The lowest BCUT2D eigenvalue weighted by molar-refractivity contribution is -0.167. The molecule has 0 aliphatic rings. The van der Waals surface area contributed by atoms with Gasteiger partial charge in [0.2, 0.25) is 0 Å². The van der Waals surface area contributed by atoms with E-state index in [2.05, 4.69) is 106 Å². The molecule has 0 aromatic carbocycles. The van der Waals surface area contributed by atoms with Crippen LogP contribution in [0.3, 0.4) is 0 Å². The molecule has 0 N–H and O–H groups in total. The summed E-state index contributed by atoms with van der Waals surface area (Å²) in [5.41, 5.74) is 0. The van der Waals surface area contributed by atoms with Crippen molar-refractivity contribution in [3.63, 3.8) is 0 Å². The molecule has 0 saturated carbocycles. The number of hydrogen-bond acceptors (Lipinski definition) is 6. The zero-order valence-corrected chi connectivity index (χ0v) is 34.4. The molecule has 0 bridgehead atoms. The molecule has 1 atom stereocenters. The van der Waals surface area contributed by atoms with Gasteiger partial charge in [0.1, 0.15) is 13.2 Å². The summed E-state index contributed by atoms with van der Waals surface area (Å²) in [5.74, 6) is -1.11. The molecule has 0 aromatic heterocycles. The van der Waals surface area contributed by atoms with Crippen LogP contribution in [0.5, 0.6) is 0 Å². The third-order valence-corrected chi connectivity index (χ3v) is 7.76. The predicted molar refractivity (Wildman–Crippen MR) is 232 cm³/mol. The van der Waals surface area contributed by atoms with Crippen LogP contribution in [0.2, 0.25) is 0 Å². The molecule has 0 aliphatic carbocycles. The summed E-state index contributed by atoms with van der Waals surface area (Å²) >= 11 is 0. The quantitative estimate of drug-likeness (QED) is 0.0214. The lowest BCUT2D eigenvalue weighted by atomic mass is 10.1. The maximum atomic E-state index is 12.6. The molecule has 0 radical (unpaired) electrons. The Morgan fingerprint density at radius 1 is 0.382 bits per heavy atom. The van der Waals surface area contributed by atoms with Crippen molar-refractivity contribution >= 4 is 17.9 Å². The van der Waals surface area contributed by atoms with Crippen molar-refractivity contribution in [1.82, 2.24) is 0 Å². The van der Waals surface area contributed by atoms with Gasteiger partial charge in [0.05, 0.1) is 0 Å². The van der Waals surface area contributed by atoms with Crippen LogP contribution in [0, 0.1) is 0 Å². The van der Waals surface area contributed by atoms with Crippen molar-refractivity contribution in [1.29, 1.82) is 0 Å². The summed E-state index contributed by atoms with van der Waals surface area (Å²) in [6.45, 7) is 6.07. The van der Waals surface area contributed by atoms with Crippen LogP contribution in [0.1, 0.15) is 136 Å². The first kappa shape index (κ1) is 50.5. The largest absolute Gasteiger partial charge is 0.462 e. The van der Waals surface area contributed by atoms with Crippen molar-refractivity contribution in [2.75, 3.05) is 13.2 Å². The number of esters is 3. The standard InChI is InChI=1S/C49H72O6/c1-4-7-10-13-16-19-22-23-24-25-28-30-33-36-39-42-48(51)54-45-46(55-49(52)43-40-37-34-31-27-21-18-15-12-9-6-3)44-53-47(50)41-38-35-32-29-26-20-17-14-11-8-5-2/h7-13,16-25,28-29,31-32,34,46H,4-6,14-15,26-27,30,33,35-45H2,1-3H3/b10-7-,11-8-,12-9-,16-13-,20-17-,21-18-,22-19-,24-23-,28-25-,32-29-,34-31-. The molecular formula is C49H72O6. The number of carbonyl (C=O) groups is 3. The smallest absolute Gasteiger partial charge is 0.306 e. The molecule has 0 aromatic rings. The first-order valence-corrected chi connectivity index (χ1v) is 20.8. The van der Waals surface area contributed by atoms with Crippen LogP contribution < -0.4 is 0 Å². The Labute approximate surface area is 334 Å². The van der Waals surface area contributed by atoms with Gasteiger partial charge in [-0.25, -0.2) is 0 Å². The Morgan fingerprint density at radius 2 is 0.764 bits per heavy atom. The third-order valence-electron chi connectivity index (χ3n) is 7.76. The fourth-order valence-electron chi connectivity index (χ4n) is 4.74. The zero-order valence-electron chi connectivity index (χ0n) is 34.4. The molecule has 0 fully saturated rings. The van der Waals surface area contributed by atoms with Gasteiger partial charge >= 0.3 is 17.9 Å². The van der Waals surface area contributed by atoms with Crippen LogP contribution in [0.4, 0.5) is 0 Å². The summed E-state index contributed by atoms with van der Waals surface area (Å²) in [6, 6.07) is 0. The molecular weight excluding hydrogens is 685 g/mol. The van der Waals surface area contributed by atoms with E-state index in [9.17, 15) is 14.4 Å². The van der Waals surface area contributed by atoms with Crippen molar-refractivity contribution in [3.8, 4) is 0 Å². The number of unbranched alkanes of at least 4 members (excludes halogenated alkanes) is 5. The minimum Gasteiger partial charge on any atom is -0.462 e. The molecule has 0 heterocycles. The van der Waals surface area contributed by atoms with Crippen LogP contribution >= 0.6 is 0 Å². The van der Waals surface area contributed by atoms with Gasteiger partial charge in [0.15, 0.2) is 6.10 Å². The number of allylic oxidation sites excluding steroid dienone is 22. The zero-order chi connectivity index (χ0) is 40.1.